The summed E-state index contributed by atoms with van der Waals surface area (Å²) in [5.41, 5.74) is 4.14. The molecule has 3 aromatic heterocycles. The third-order valence-electron chi connectivity index (χ3n) is 6.36. The number of carbonyl (C=O) groups excluding carboxylic acids is 1. The molecule has 34 heavy (non-hydrogen) atoms. The predicted molar refractivity (Wildman–Crippen MR) is 133 cm³/mol. The van der Waals surface area contributed by atoms with E-state index in [1.807, 2.05) is 43.5 Å². The summed E-state index contributed by atoms with van der Waals surface area (Å²) in [5.74, 6) is 0.920. The van der Waals surface area contributed by atoms with E-state index in [0.717, 1.165) is 40.2 Å². The number of carbonyl (C=O) groups is 1. The van der Waals surface area contributed by atoms with Crippen LogP contribution in [0.15, 0.2) is 53.7 Å². The van der Waals surface area contributed by atoms with Crippen LogP contribution >= 0.6 is 0 Å². The van der Waals surface area contributed by atoms with Gasteiger partial charge < -0.3 is 4.74 Å². The number of imidazole rings is 1. The number of rotatable bonds is 6. The third kappa shape index (κ3) is 4.18. The molecule has 0 aliphatic heterocycles. The molecule has 0 radical (unpaired) electrons. The van der Waals surface area contributed by atoms with Crippen molar-refractivity contribution >= 4 is 39.7 Å². The van der Waals surface area contributed by atoms with Gasteiger partial charge in [0.2, 0.25) is 0 Å². The van der Waals surface area contributed by atoms with Crippen molar-refractivity contribution in [1.82, 2.24) is 18.3 Å². The average Bonchev–Trinajstić information content (AvgIpc) is 3.45. The molecule has 8 heteroatoms. The second-order valence-electron chi connectivity index (χ2n) is 8.67. The molecule has 0 spiro atoms. The molecule has 3 heterocycles. The van der Waals surface area contributed by atoms with E-state index in [9.17, 15) is 9.00 Å². The molecule has 1 atom stereocenters. The minimum Gasteiger partial charge on any atom is -0.463 e. The van der Waals surface area contributed by atoms with Gasteiger partial charge >= 0.3 is 5.97 Å². The number of ether oxygens (including phenoxy) is 1. The molecule has 4 aromatic rings. The van der Waals surface area contributed by atoms with Crippen molar-refractivity contribution in [3.8, 4) is 0 Å². The molecule has 7 nitrogen and oxygen atoms in total. The first-order valence-electron chi connectivity index (χ1n) is 11.8. The predicted octanol–water partition coefficient (Wildman–Crippen LogP) is 5.19. The highest BCUT2D eigenvalue weighted by Gasteiger charge is 2.24. The normalized spacial score (nSPS) is 15.9. The monoisotopic (exact) mass is 476 g/mol. The Bertz CT molecular complexity index is 1400. The lowest BCUT2D eigenvalue weighted by Gasteiger charge is -2.20. The maximum Gasteiger partial charge on any atom is 0.330 e. The second kappa shape index (κ2) is 9.54. The van der Waals surface area contributed by atoms with Gasteiger partial charge in [0.25, 0.3) is 0 Å². The fourth-order valence-electron chi connectivity index (χ4n) is 4.66. The summed E-state index contributed by atoms with van der Waals surface area (Å²) in [6, 6.07) is 9.65. The summed E-state index contributed by atoms with van der Waals surface area (Å²) in [5, 5.41) is 0. The van der Waals surface area contributed by atoms with Gasteiger partial charge in [-0.25, -0.2) is 22.9 Å². The van der Waals surface area contributed by atoms with Gasteiger partial charge in [-0.2, -0.15) is 0 Å². The highest BCUT2D eigenvalue weighted by molar-refractivity contribution is 7.83. The van der Waals surface area contributed by atoms with Crippen LogP contribution in [0.4, 0.5) is 0 Å². The van der Waals surface area contributed by atoms with Crippen molar-refractivity contribution in [1.29, 1.82) is 0 Å². The van der Waals surface area contributed by atoms with Crippen LogP contribution in [0.2, 0.25) is 0 Å². The summed E-state index contributed by atoms with van der Waals surface area (Å²) in [6.45, 7) is 4.12. The summed E-state index contributed by atoms with van der Waals surface area (Å²) in [7, 11) is -1.41. The number of nitrogens with zero attached hydrogens (tertiary/aromatic N) is 4. The Morgan fingerprint density at radius 1 is 1.15 bits per heavy atom. The van der Waals surface area contributed by atoms with Gasteiger partial charge in [-0.05, 0) is 51.0 Å². The molecular weight excluding hydrogens is 448 g/mol. The molecule has 0 N–H and O–H groups in total. The summed E-state index contributed by atoms with van der Waals surface area (Å²) < 4.78 is 22.2. The van der Waals surface area contributed by atoms with E-state index in [1.54, 1.807) is 23.2 Å². The van der Waals surface area contributed by atoms with Crippen LogP contribution in [0.5, 0.6) is 0 Å². The topological polar surface area (TPSA) is 78.5 Å². The molecular formula is C26H28N4O3S. The zero-order valence-corrected chi connectivity index (χ0v) is 20.3. The Kier molecular flexibility index (Phi) is 6.32. The number of aryl methyl sites for hydroxylation is 1. The van der Waals surface area contributed by atoms with Gasteiger partial charge in [0, 0.05) is 18.2 Å². The van der Waals surface area contributed by atoms with Crippen LogP contribution in [0, 0.1) is 6.92 Å². The van der Waals surface area contributed by atoms with E-state index in [1.165, 1.54) is 25.3 Å². The van der Waals surface area contributed by atoms with E-state index in [0.29, 0.717) is 23.9 Å². The standard InChI is InChI=1S/C26H28N4O3S/c1-3-33-24(31)14-13-21-23-17-27-26-22(30(23)25(28-21)19-7-5-4-6-8-19)15-16-29(26)34(32)20-11-9-18(2)10-12-20/h9-17,19H,3-8H2,1-2H3/b14-13+. The van der Waals surface area contributed by atoms with Gasteiger partial charge in [-0.15, -0.1) is 0 Å². The average molecular weight is 477 g/mol. The van der Waals surface area contributed by atoms with Crippen LogP contribution in [-0.2, 0) is 20.5 Å². The fourth-order valence-corrected chi connectivity index (χ4v) is 5.72. The Balaban J connectivity index is 1.64. The molecule has 1 aliphatic carbocycles. The van der Waals surface area contributed by atoms with Crippen LogP contribution < -0.4 is 0 Å². The van der Waals surface area contributed by atoms with Crippen LogP contribution in [0.1, 0.15) is 62.0 Å². The molecule has 0 bridgehead atoms. The summed E-state index contributed by atoms with van der Waals surface area (Å²) >= 11 is 0. The number of hydrogen-bond acceptors (Lipinski definition) is 5. The van der Waals surface area contributed by atoms with Gasteiger partial charge in [0.1, 0.15) is 5.82 Å². The molecule has 0 amide bonds. The second-order valence-corrected chi connectivity index (χ2v) is 10.0. The largest absolute Gasteiger partial charge is 0.463 e. The third-order valence-corrected chi connectivity index (χ3v) is 7.69. The highest BCUT2D eigenvalue weighted by atomic mass is 32.2. The lowest BCUT2D eigenvalue weighted by molar-refractivity contribution is -0.137. The smallest absolute Gasteiger partial charge is 0.330 e. The molecule has 1 unspecified atom stereocenters. The highest BCUT2D eigenvalue weighted by Crippen LogP contribution is 2.35. The zero-order valence-electron chi connectivity index (χ0n) is 19.4. The lowest BCUT2D eigenvalue weighted by atomic mass is 9.89. The van der Waals surface area contributed by atoms with E-state index in [-0.39, 0.29) is 0 Å². The van der Waals surface area contributed by atoms with E-state index >= 15 is 0 Å². The molecule has 0 saturated heterocycles. The number of fused-ring (bicyclic) bond motifs is 3. The minimum atomic E-state index is -1.41. The van der Waals surface area contributed by atoms with Crippen LogP contribution in [0.3, 0.4) is 0 Å². The first kappa shape index (κ1) is 22.5. The van der Waals surface area contributed by atoms with Crippen LogP contribution in [0.25, 0.3) is 22.8 Å². The molecule has 1 fully saturated rings. The van der Waals surface area contributed by atoms with Gasteiger partial charge in [0.05, 0.1) is 34.4 Å². The Hall–Kier alpha value is -3.26. The molecule has 1 saturated carbocycles. The van der Waals surface area contributed by atoms with Crippen molar-refractivity contribution < 1.29 is 13.7 Å². The SMILES string of the molecule is CCOC(=O)/C=C/c1nc(C2CCCCC2)n2c1cnc1c2ccn1S(=O)c1ccc(C)cc1. The first-order valence-corrected chi connectivity index (χ1v) is 12.9. The van der Waals surface area contributed by atoms with Crippen molar-refractivity contribution in [2.75, 3.05) is 6.61 Å². The van der Waals surface area contributed by atoms with Crippen molar-refractivity contribution in [2.45, 2.75) is 56.8 Å². The Morgan fingerprint density at radius 3 is 2.65 bits per heavy atom. The van der Waals surface area contributed by atoms with Gasteiger partial charge in [-0.1, -0.05) is 37.0 Å². The molecule has 1 aromatic carbocycles. The zero-order chi connectivity index (χ0) is 23.7. The Labute approximate surface area is 201 Å². The maximum absolute atomic E-state index is 13.3. The minimum absolute atomic E-state index is 0.328. The summed E-state index contributed by atoms with van der Waals surface area (Å²) in [4.78, 5) is 22.3. The number of aromatic nitrogens is 4. The van der Waals surface area contributed by atoms with Gasteiger partial charge in [-0.3, -0.25) is 4.40 Å². The molecule has 5 rings (SSSR count). The van der Waals surface area contributed by atoms with Gasteiger partial charge in [0.15, 0.2) is 16.6 Å². The number of hydrogen-bond donors (Lipinski definition) is 0. The Morgan fingerprint density at radius 2 is 1.91 bits per heavy atom. The van der Waals surface area contributed by atoms with Crippen molar-refractivity contribution in [3.63, 3.8) is 0 Å². The van der Waals surface area contributed by atoms with Crippen molar-refractivity contribution in [2.24, 2.45) is 0 Å². The van der Waals surface area contributed by atoms with Crippen LogP contribution in [-0.4, -0.2) is 35.1 Å². The van der Waals surface area contributed by atoms with E-state index in [4.69, 9.17) is 9.72 Å². The summed E-state index contributed by atoms with van der Waals surface area (Å²) in [6.07, 6.45) is 12.5. The lowest BCUT2D eigenvalue weighted by Crippen LogP contribution is -2.10. The molecule has 176 valence electrons. The first-order chi connectivity index (χ1) is 16.6. The maximum atomic E-state index is 13.3. The molecule has 1 aliphatic rings. The quantitative estimate of drug-likeness (QED) is 0.283. The van der Waals surface area contributed by atoms with E-state index < -0.39 is 17.0 Å². The van der Waals surface area contributed by atoms with E-state index in [2.05, 4.69) is 9.38 Å². The number of esters is 1. The number of benzene rings is 1. The van der Waals surface area contributed by atoms with Crippen molar-refractivity contribution in [3.05, 3.63) is 65.9 Å². The fraction of sp³-hybridized carbons (Fsp3) is 0.346.